The van der Waals surface area contributed by atoms with Gasteiger partial charge in [0.1, 0.15) is 33.9 Å². The lowest BCUT2D eigenvalue weighted by Gasteiger charge is -2.49. The normalized spacial score (nSPS) is 19.4. The van der Waals surface area contributed by atoms with Crippen LogP contribution in [0.2, 0.25) is 0 Å². The number of nitrogens with two attached hydrogens (primary N) is 1. The number of fused-ring (bicyclic) bond motifs is 1. The van der Waals surface area contributed by atoms with Crippen LogP contribution in [0.1, 0.15) is 22.2 Å². The fraction of sp³-hybridized carbons (Fsp3) is 0.391. The van der Waals surface area contributed by atoms with Crippen LogP contribution >= 0.6 is 34.9 Å². The van der Waals surface area contributed by atoms with Crippen LogP contribution in [0.15, 0.2) is 33.8 Å². The summed E-state index contributed by atoms with van der Waals surface area (Å²) < 4.78 is 48.0. The number of thioether (sulfide) groups is 2. The average Bonchev–Trinajstić information content (AvgIpc) is 3.34. The molecule has 2 aliphatic rings. The molecular formula is C23H22F3N5O7S3. The number of amides is 2. The summed E-state index contributed by atoms with van der Waals surface area (Å²) in [4.78, 5) is 51.1. The van der Waals surface area contributed by atoms with Crippen LogP contribution in [0.5, 0.6) is 5.75 Å². The third-order valence-corrected chi connectivity index (χ3v) is 9.28. The van der Waals surface area contributed by atoms with Gasteiger partial charge in [-0.15, -0.1) is 22.0 Å². The average molecular weight is 634 g/mol. The van der Waals surface area contributed by atoms with Crippen LogP contribution in [0, 0.1) is 6.92 Å². The molecule has 4 rings (SSSR count). The molecule has 1 aromatic carbocycles. The highest BCUT2D eigenvalue weighted by Crippen LogP contribution is 2.42. The van der Waals surface area contributed by atoms with E-state index in [1.165, 1.54) is 36.6 Å². The highest BCUT2D eigenvalue weighted by Gasteiger charge is 2.55. The molecule has 18 heteroatoms. The zero-order valence-electron chi connectivity index (χ0n) is 21.3. The van der Waals surface area contributed by atoms with Crippen molar-refractivity contribution in [1.82, 2.24) is 20.4 Å². The van der Waals surface area contributed by atoms with Gasteiger partial charge in [0.25, 0.3) is 5.91 Å². The molecule has 2 aromatic rings. The number of ether oxygens (including phenoxy) is 2. The van der Waals surface area contributed by atoms with E-state index in [9.17, 15) is 37.5 Å². The van der Waals surface area contributed by atoms with Gasteiger partial charge in [0.2, 0.25) is 5.91 Å². The number of carbonyl (C=O) groups excluding carboxylic acids is 4. The molecule has 12 nitrogen and oxygen atoms in total. The molecule has 3 atom stereocenters. The van der Waals surface area contributed by atoms with E-state index in [0.29, 0.717) is 20.5 Å². The van der Waals surface area contributed by atoms with E-state index in [1.54, 1.807) is 6.92 Å². The Morgan fingerprint density at radius 2 is 2.05 bits per heavy atom. The number of aryl methyl sites for hydroxylation is 1. The van der Waals surface area contributed by atoms with Crippen LogP contribution in [-0.2, 0) is 35.3 Å². The van der Waals surface area contributed by atoms with Crippen LogP contribution in [0.4, 0.5) is 13.2 Å². The number of phenols is 1. The standard InChI is InChI=1S/C23H22F3N5O7S3/c1-9-29-30-22(41-9)40-8-12-7-39-19-15(18(34)31(19)16(12)20(35)38-21(36)23(24,25)26)28-17(33)14(27)10-3-4-13(32)11(5-10)6-37-2/h3-5,14-15,19,32H,6-8,27H2,1-2H3,(H,28,33). The van der Waals surface area contributed by atoms with Gasteiger partial charge in [-0.25, -0.2) is 9.59 Å². The Morgan fingerprint density at radius 1 is 1.32 bits per heavy atom. The molecule has 0 aliphatic carbocycles. The molecule has 1 aromatic heterocycles. The molecular weight excluding hydrogens is 611 g/mol. The summed E-state index contributed by atoms with van der Waals surface area (Å²) in [5.41, 5.74) is 6.54. The molecule has 220 valence electrons. The summed E-state index contributed by atoms with van der Waals surface area (Å²) in [5.74, 6) is -5.82. The second kappa shape index (κ2) is 12.4. The Bertz CT molecular complexity index is 1420. The van der Waals surface area contributed by atoms with Crippen molar-refractivity contribution in [2.75, 3.05) is 18.6 Å². The monoisotopic (exact) mass is 633 g/mol. The van der Waals surface area contributed by atoms with Gasteiger partial charge in [-0.1, -0.05) is 29.2 Å². The Hall–Kier alpha value is -3.19. The fourth-order valence-electron chi connectivity index (χ4n) is 3.92. The van der Waals surface area contributed by atoms with Crippen molar-refractivity contribution >= 4 is 58.6 Å². The van der Waals surface area contributed by atoms with E-state index in [-0.39, 0.29) is 29.4 Å². The minimum Gasteiger partial charge on any atom is -0.508 e. The number of alkyl halides is 3. The molecule has 2 aliphatic heterocycles. The van der Waals surface area contributed by atoms with Gasteiger partial charge in [-0.3, -0.25) is 14.5 Å². The lowest BCUT2D eigenvalue weighted by Crippen LogP contribution is -2.71. The number of rotatable bonds is 9. The summed E-state index contributed by atoms with van der Waals surface area (Å²) in [5, 5.41) is 20.1. The van der Waals surface area contributed by atoms with Crippen molar-refractivity contribution in [3.63, 3.8) is 0 Å². The molecule has 2 amide bonds. The predicted octanol–water partition coefficient (Wildman–Crippen LogP) is 1.78. The molecule has 41 heavy (non-hydrogen) atoms. The van der Waals surface area contributed by atoms with Crippen molar-refractivity contribution in [3.05, 3.63) is 45.6 Å². The molecule has 3 heterocycles. The maximum atomic E-state index is 13.1. The van der Waals surface area contributed by atoms with Crippen LogP contribution in [-0.4, -0.2) is 80.2 Å². The molecule has 1 saturated heterocycles. The molecule has 0 bridgehead atoms. The highest BCUT2D eigenvalue weighted by molar-refractivity contribution is 8.01. The second-order valence-electron chi connectivity index (χ2n) is 8.70. The fourth-order valence-corrected chi connectivity index (χ4v) is 7.22. The summed E-state index contributed by atoms with van der Waals surface area (Å²) in [7, 11) is 1.42. The zero-order chi connectivity index (χ0) is 30.1. The van der Waals surface area contributed by atoms with Crippen molar-refractivity contribution in [3.8, 4) is 5.75 Å². The Kier molecular flexibility index (Phi) is 9.27. The van der Waals surface area contributed by atoms with Crippen LogP contribution < -0.4 is 11.1 Å². The number of benzene rings is 1. The largest absolute Gasteiger partial charge is 0.508 e. The summed E-state index contributed by atoms with van der Waals surface area (Å²) in [6.07, 6.45) is -5.43. The first-order chi connectivity index (χ1) is 19.3. The third kappa shape index (κ3) is 6.66. The Balaban J connectivity index is 1.52. The van der Waals surface area contributed by atoms with Gasteiger partial charge in [0, 0.05) is 24.2 Å². The number of β-lactam (4-membered cyclic amide) rings is 1. The Morgan fingerprint density at radius 3 is 2.68 bits per heavy atom. The summed E-state index contributed by atoms with van der Waals surface area (Å²) >= 11 is 3.57. The summed E-state index contributed by atoms with van der Waals surface area (Å²) in [6.45, 7) is 1.79. The minimum absolute atomic E-state index is 0.0509. The SMILES string of the molecule is COCc1cc(C(N)C(=O)NC2C(=O)N3C(C(=O)OC(=O)C(F)(F)F)=C(CSc4nnc(C)s4)CSC23)ccc1O. The molecule has 4 N–H and O–H groups in total. The number of methoxy groups -OCH3 is 1. The number of hydrogen-bond donors (Lipinski definition) is 3. The topological polar surface area (TPSA) is 174 Å². The number of aromatic nitrogens is 2. The molecule has 1 fully saturated rings. The highest BCUT2D eigenvalue weighted by atomic mass is 32.2. The van der Waals surface area contributed by atoms with E-state index < -0.39 is 53.1 Å². The van der Waals surface area contributed by atoms with Crippen LogP contribution in [0.3, 0.4) is 0 Å². The molecule has 0 spiro atoms. The third-order valence-electron chi connectivity index (χ3n) is 5.88. The van der Waals surface area contributed by atoms with E-state index in [1.807, 2.05) is 0 Å². The number of hydrogen-bond acceptors (Lipinski definition) is 13. The maximum Gasteiger partial charge on any atom is 0.491 e. The number of nitrogens with one attached hydrogen (secondary N) is 1. The number of carbonyl (C=O) groups is 4. The first-order valence-electron chi connectivity index (χ1n) is 11.6. The van der Waals surface area contributed by atoms with Gasteiger partial charge in [-0.2, -0.15) is 13.2 Å². The van der Waals surface area contributed by atoms with Crippen molar-refractivity contribution < 1.29 is 46.9 Å². The van der Waals surface area contributed by atoms with Gasteiger partial charge in [0.05, 0.1) is 6.61 Å². The minimum atomic E-state index is -5.43. The van der Waals surface area contributed by atoms with Gasteiger partial charge >= 0.3 is 18.1 Å². The summed E-state index contributed by atoms with van der Waals surface area (Å²) in [6, 6.07) is 1.85. The number of nitrogens with zero attached hydrogens (tertiary/aromatic N) is 3. The van der Waals surface area contributed by atoms with Gasteiger partial charge in [0.15, 0.2) is 4.34 Å². The quantitative estimate of drug-likeness (QED) is 0.158. The van der Waals surface area contributed by atoms with Gasteiger partial charge < -0.3 is 25.6 Å². The molecule has 0 saturated carbocycles. The first-order valence-corrected chi connectivity index (χ1v) is 14.5. The smallest absolute Gasteiger partial charge is 0.491 e. The number of halogens is 3. The number of phenolic OH excluding ortho intramolecular Hbond substituents is 1. The lowest BCUT2D eigenvalue weighted by atomic mass is 10.0. The molecule has 3 unspecified atom stereocenters. The van der Waals surface area contributed by atoms with Crippen molar-refractivity contribution in [2.45, 2.75) is 41.5 Å². The number of aromatic hydroxyl groups is 1. The predicted molar refractivity (Wildman–Crippen MR) is 140 cm³/mol. The van der Waals surface area contributed by atoms with E-state index in [4.69, 9.17) is 10.5 Å². The maximum absolute atomic E-state index is 13.1. The van der Waals surface area contributed by atoms with E-state index >= 15 is 0 Å². The molecule has 0 radical (unpaired) electrons. The zero-order valence-corrected chi connectivity index (χ0v) is 23.7. The Labute approximate surface area is 242 Å². The lowest BCUT2D eigenvalue weighted by molar-refractivity contribution is -0.201. The van der Waals surface area contributed by atoms with Crippen LogP contribution in [0.25, 0.3) is 0 Å². The van der Waals surface area contributed by atoms with E-state index in [2.05, 4.69) is 20.3 Å². The number of esters is 2. The second-order valence-corrected chi connectivity index (χ2v) is 12.2. The van der Waals surface area contributed by atoms with Crippen molar-refractivity contribution in [2.24, 2.45) is 5.73 Å². The van der Waals surface area contributed by atoms with Gasteiger partial charge in [-0.05, 0) is 30.2 Å². The van der Waals surface area contributed by atoms with E-state index in [0.717, 1.165) is 28.4 Å². The van der Waals surface area contributed by atoms with Crippen molar-refractivity contribution in [1.29, 1.82) is 0 Å². The first kappa shape index (κ1) is 30.8.